The molecule has 0 aliphatic carbocycles. The molecule has 3 heteroatoms. The van der Waals surface area contributed by atoms with Crippen molar-refractivity contribution in [3.63, 3.8) is 0 Å². The summed E-state index contributed by atoms with van der Waals surface area (Å²) in [5, 5.41) is 0. The average Bonchev–Trinajstić information content (AvgIpc) is 2.41. The lowest BCUT2D eigenvalue weighted by molar-refractivity contribution is 0.181. The molecule has 1 atom stereocenters. The van der Waals surface area contributed by atoms with Crippen molar-refractivity contribution in [2.75, 3.05) is 25.4 Å². The van der Waals surface area contributed by atoms with Crippen LogP contribution in [0.15, 0.2) is 29.2 Å². The van der Waals surface area contributed by atoms with Crippen LogP contribution in [-0.4, -0.2) is 36.3 Å². The van der Waals surface area contributed by atoms with E-state index in [0.29, 0.717) is 6.04 Å². The Labute approximate surface area is 121 Å². The second-order valence-corrected chi connectivity index (χ2v) is 6.87. The van der Waals surface area contributed by atoms with Crippen molar-refractivity contribution in [3.05, 3.63) is 29.8 Å². The molecule has 0 bridgehead atoms. The first-order valence-corrected chi connectivity index (χ1v) is 8.31. The number of hydrogen-bond acceptors (Lipinski definition) is 3. The summed E-state index contributed by atoms with van der Waals surface area (Å²) in [5.41, 5.74) is 7.31. The lowest BCUT2D eigenvalue weighted by atomic mass is 9.91. The SMILES string of the molecule is Cc1ccc(SCCN2CCC(C(C)N)CC2)cc1. The normalized spacial score (nSPS) is 19.5. The Morgan fingerprint density at radius 2 is 1.89 bits per heavy atom. The summed E-state index contributed by atoms with van der Waals surface area (Å²) in [6.45, 7) is 7.93. The molecule has 1 aliphatic rings. The van der Waals surface area contributed by atoms with E-state index in [9.17, 15) is 0 Å². The Kier molecular flexibility index (Phi) is 5.74. The first kappa shape index (κ1) is 14.9. The third kappa shape index (κ3) is 4.83. The minimum absolute atomic E-state index is 0.365. The van der Waals surface area contributed by atoms with Crippen molar-refractivity contribution >= 4 is 11.8 Å². The van der Waals surface area contributed by atoms with Crippen LogP contribution in [0.3, 0.4) is 0 Å². The van der Waals surface area contributed by atoms with Gasteiger partial charge in [0.1, 0.15) is 0 Å². The van der Waals surface area contributed by atoms with Crippen LogP contribution in [0, 0.1) is 12.8 Å². The van der Waals surface area contributed by atoms with Crippen molar-refractivity contribution in [3.8, 4) is 0 Å². The fourth-order valence-electron chi connectivity index (χ4n) is 2.63. The zero-order valence-corrected chi connectivity index (χ0v) is 13.0. The number of piperidine rings is 1. The van der Waals surface area contributed by atoms with E-state index in [0.717, 1.165) is 5.92 Å². The maximum absolute atomic E-state index is 5.98. The monoisotopic (exact) mass is 278 g/mol. The fourth-order valence-corrected chi connectivity index (χ4v) is 3.54. The zero-order chi connectivity index (χ0) is 13.7. The van der Waals surface area contributed by atoms with Crippen molar-refractivity contribution in [2.45, 2.75) is 37.6 Å². The molecule has 1 aromatic carbocycles. The largest absolute Gasteiger partial charge is 0.328 e. The van der Waals surface area contributed by atoms with E-state index >= 15 is 0 Å². The number of hydrogen-bond donors (Lipinski definition) is 1. The molecule has 1 saturated heterocycles. The predicted octanol–water partition coefficient (Wildman–Crippen LogP) is 3.15. The van der Waals surface area contributed by atoms with Gasteiger partial charge in [-0.25, -0.2) is 0 Å². The van der Waals surface area contributed by atoms with Crippen LogP contribution in [0.2, 0.25) is 0 Å². The van der Waals surface area contributed by atoms with Crippen LogP contribution in [-0.2, 0) is 0 Å². The number of aryl methyl sites for hydroxylation is 1. The molecule has 1 fully saturated rings. The van der Waals surface area contributed by atoms with Gasteiger partial charge >= 0.3 is 0 Å². The maximum Gasteiger partial charge on any atom is 0.0108 e. The minimum Gasteiger partial charge on any atom is -0.328 e. The number of nitrogens with two attached hydrogens (primary N) is 1. The highest BCUT2D eigenvalue weighted by molar-refractivity contribution is 7.99. The van der Waals surface area contributed by atoms with Crippen molar-refractivity contribution in [2.24, 2.45) is 11.7 Å². The molecule has 0 amide bonds. The van der Waals surface area contributed by atoms with E-state index in [1.54, 1.807) is 0 Å². The molecule has 2 N–H and O–H groups in total. The Hall–Kier alpha value is -0.510. The number of nitrogens with zero attached hydrogens (tertiary/aromatic N) is 1. The minimum atomic E-state index is 0.365. The standard InChI is InChI=1S/C16H26N2S/c1-13-3-5-16(6-4-13)19-12-11-18-9-7-15(8-10-18)14(2)17/h3-6,14-15H,7-12,17H2,1-2H3. The summed E-state index contributed by atoms with van der Waals surface area (Å²) in [6.07, 6.45) is 2.54. The number of rotatable bonds is 5. The molecule has 106 valence electrons. The molecular formula is C16H26N2S. The van der Waals surface area contributed by atoms with Crippen LogP contribution >= 0.6 is 11.8 Å². The summed E-state index contributed by atoms with van der Waals surface area (Å²) in [7, 11) is 0. The van der Waals surface area contributed by atoms with Gasteiger partial charge in [0.2, 0.25) is 0 Å². The van der Waals surface area contributed by atoms with Gasteiger partial charge in [-0.2, -0.15) is 0 Å². The van der Waals surface area contributed by atoms with Gasteiger partial charge in [0.05, 0.1) is 0 Å². The van der Waals surface area contributed by atoms with Gasteiger partial charge in [0.25, 0.3) is 0 Å². The maximum atomic E-state index is 5.98. The van der Waals surface area contributed by atoms with Gasteiger partial charge in [-0.05, 0) is 57.8 Å². The molecule has 1 heterocycles. The zero-order valence-electron chi connectivity index (χ0n) is 12.1. The highest BCUT2D eigenvalue weighted by atomic mass is 32.2. The molecule has 0 spiro atoms. The van der Waals surface area contributed by atoms with Crippen LogP contribution in [0.4, 0.5) is 0 Å². The van der Waals surface area contributed by atoms with Gasteiger partial charge in [-0.15, -0.1) is 11.8 Å². The van der Waals surface area contributed by atoms with E-state index in [1.807, 2.05) is 11.8 Å². The molecule has 0 saturated carbocycles. The summed E-state index contributed by atoms with van der Waals surface area (Å²) < 4.78 is 0. The second-order valence-electron chi connectivity index (χ2n) is 5.70. The first-order chi connectivity index (χ1) is 9.15. The Balaban J connectivity index is 1.65. The smallest absolute Gasteiger partial charge is 0.0108 e. The number of likely N-dealkylation sites (tertiary alicyclic amines) is 1. The van der Waals surface area contributed by atoms with Crippen LogP contribution < -0.4 is 5.73 Å². The van der Waals surface area contributed by atoms with Gasteiger partial charge in [0.15, 0.2) is 0 Å². The average molecular weight is 278 g/mol. The van der Waals surface area contributed by atoms with Gasteiger partial charge in [0, 0.05) is 23.2 Å². The van der Waals surface area contributed by atoms with E-state index in [4.69, 9.17) is 5.73 Å². The molecule has 19 heavy (non-hydrogen) atoms. The number of thioether (sulfide) groups is 1. The highest BCUT2D eigenvalue weighted by Crippen LogP contribution is 2.22. The topological polar surface area (TPSA) is 29.3 Å². The molecule has 1 unspecified atom stereocenters. The molecule has 0 radical (unpaired) electrons. The fraction of sp³-hybridized carbons (Fsp3) is 0.625. The highest BCUT2D eigenvalue weighted by Gasteiger charge is 2.21. The molecule has 2 nitrogen and oxygen atoms in total. The van der Waals surface area contributed by atoms with Gasteiger partial charge < -0.3 is 10.6 Å². The van der Waals surface area contributed by atoms with Crippen molar-refractivity contribution < 1.29 is 0 Å². The second kappa shape index (κ2) is 7.32. The molecule has 1 aliphatic heterocycles. The summed E-state index contributed by atoms with van der Waals surface area (Å²) in [5.74, 6) is 1.92. The third-order valence-electron chi connectivity index (χ3n) is 4.07. The van der Waals surface area contributed by atoms with Crippen LogP contribution in [0.1, 0.15) is 25.3 Å². The predicted molar refractivity (Wildman–Crippen MR) is 84.7 cm³/mol. The first-order valence-electron chi connectivity index (χ1n) is 7.32. The van der Waals surface area contributed by atoms with Crippen LogP contribution in [0.25, 0.3) is 0 Å². The van der Waals surface area contributed by atoms with E-state index < -0.39 is 0 Å². The molecular weight excluding hydrogens is 252 g/mol. The van der Waals surface area contributed by atoms with Crippen molar-refractivity contribution in [1.29, 1.82) is 0 Å². The molecule has 0 aromatic heterocycles. The number of benzene rings is 1. The van der Waals surface area contributed by atoms with Crippen molar-refractivity contribution in [1.82, 2.24) is 4.90 Å². The lowest BCUT2D eigenvalue weighted by Gasteiger charge is -2.33. The van der Waals surface area contributed by atoms with Gasteiger partial charge in [-0.3, -0.25) is 0 Å². The van der Waals surface area contributed by atoms with Gasteiger partial charge in [-0.1, -0.05) is 17.7 Å². The summed E-state index contributed by atoms with van der Waals surface area (Å²) in [6, 6.07) is 9.20. The summed E-state index contributed by atoms with van der Waals surface area (Å²) >= 11 is 1.96. The third-order valence-corrected chi connectivity index (χ3v) is 5.07. The summed E-state index contributed by atoms with van der Waals surface area (Å²) in [4.78, 5) is 3.97. The quantitative estimate of drug-likeness (QED) is 0.839. The Bertz CT molecular complexity index is 367. The lowest BCUT2D eigenvalue weighted by Crippen LogP contribution is -2.40. The molecule has 2 rings (SSSR count). The Morgan fingerprint density at radius 3 is 2.47 bits per heavy atom. The Morgan fingerprint density at radius 1 is 1.26 bits per heavy atom. The van der Waals surface area contributed by atoms with E-state index in [-0.39, 0.29) is 0 Å². The molecule has 1 aromatic rings. The van der Waals surface area contributed by atoms with E-state index in [1.165, 1.54) is 48.7 Å². The van der Waals surface area contributed by atoms with Crippen LogP contribution in [0.5, 0.6) is 0 Å². The van der Waals surface area contributed by atoms with E-state index in [2.05, 4.69) is 43.0 Å².